The minimum Gasteiger partial charge on any atom is -0.446 e. The van der Waals surface area contributed by atoms with Crippen LogP contribution in [-0.4, -0.2) is 132 Å². The molecule has 3 amide bonds. The molecule has 16 nitrogen and oxygen atoms in total. The number of nitrogens with zero attached hydrogens (tertiary/aromatic N) is 3. The van der Waals surface area contributed by atoms with Crippen LogP contribution in [0.3, 0.4) is 0 Å². The van der Waals surface area contributed by atoms with Crippen molar-refractivity contribution in [2.75, 3.05) is 90.9 Å². The molecule has 3 heterocycles. The minimum absolute atomic E-state index is 0.0318. The average Bonchev–Trinajstić information content (AvgIpc) is 4.04. The van der Waals surface area contributed by atoms with E-state index >= 15 is 0 Å². The molecule has 8 rings (SSSR count). The number of ketones is 1. The van der Waals surface area contributed by atoms with E-state index in [0.29, 0.717) is 121 Å². The first-order chi connectivity index (χ1) is 34.8. The highest BCUT2D eigenvalue weighted by Crippen LogP contribution is 2.32. The number of rotatable bonds is 23. The van der Waals surface area contributed by atoms with Gasteiger partial charge < -0.3 is 45.4 Å². The van der Waals surface area contributed by atoms with Crippen molar-refractivity contribution in [1.82, 2.24) is 10.2 Å². The summed E-state index contributed by atoms with van der Waals surface area (Å²) in [7, 11) is 0. The van der Waals surface area contributed by atoms with Gasteiger partial charge in [-0.15, -0.1) is 0 Å². The van der Waals surface area contributed by atoms with E-state index in [0.717, 1.165) is 51.5 Å². The first-order valence-corrected chi connectivity index (χ1v) is 24.2. The molecule has 3 aliphatic rings. The van der Waals surface area contributed by atoms with E-state index in [9.17, 15) is 19.2 Å². The van der Waals surface area contributed by atoms with Gasteiger partial charge in [-0.1, -0.05) is 72.8 Å². The third-order valence-electron chi connectivity index (χ3n) is 11.8. The summed E-state index contributed by atoms with van der Waals surface area (Å²) in [5, 5.41) is 5.59. The number of Topliss-reactive ketones (excluding diaryl/α,β-unsaturated/α-hetero) is 1. The lowest BCUT2D eigenvalue weighted by molar-refractivity contribution is 0.0466. The van der Waals surface area contributed by atoms with Crippen LogP contribution in [0.5, 0.6) is 0 Å². The zero-order valence-electron chi connectivity index (χ0n) is 40.0. The Morgan fingerprint density at radius 2 is 1.13 bits per heavy atom. The largest absolute Gasteiger partial charge is 0.446 e. The summed E-state index contributed by atoms with van der Waals surface area (Å²) in [4.78, 5) is 62.0. The number of hydrogen-bond acceptors (Lipinski definition) is 13. The molecule has 0 spiro atoms. The summed E-state index contributed by atoms with van der Waals surface area (Å²) >= 11 is 0. The van der Waals surface area contributed by atoms with Gasteiger partial charge in [-0.05, 0) is 70.8 Å². The van der Waals surface area contributed by atoms with Gasteiger partial charge in [0.2, 0.25) is 0 Å². The van der Waals surface area contributed by atoms with Gasteiger partial charge in [0.25, 0.3) is 11.8 Å². The van der Waals surface area contributed by atoms with E-state index < -0.39 is 6.09 Å². The fourth-order valence-corrected chi connectivity index (χ4v) is 8.16. The molecular weight excluding hydrogens is 903 g/mol. The zero-order valence-corrected chi connectivity index (χ0v) is 40.0. The van der Waals surface area contributed by atoms with Gasteiger partial charge in [-0.2, -0.15) is 0 Å². The average molecular weight is 966 g/mol. The summed E-state index contributed by atoms with van der Waals surface area (Å²) in [6, 6.07) is 38.3. The van der Waals surface area contributed by atoms with E-state index in [4.69, 9.17) is 40.1 Å². The molecule has 6 N–H and O–H groups in total. The Morgan fingerprint density at radius 3 is 1.72 bits per heavy atom. The molecule has 0 saturated carbocycles. The molecule has 372 valence electrons. The van der Waals surface area contributed by atoms with Crippen LogP contribution in [0, 0.1) is 0 Å². The highest BCUT2D eigenvalue weighted by atomic mass is 16.6. The molecular formula is C55H63N7O9. The second kappa shape index (κ2) is 27.5. The fourth-order valence-electron chi connectivity index (χ4n) is 8.16. The quantitative estimate of drug-likeness (QED) is 0.0391. The Balaban J connectivity index is 0.000000235. The summed E-state index contributed by atoms with van der Waals surface area (Å²) < 4.78 is 26.9. The van der Waals surface area contributed by atoms with Gasteiger partial charge in [0, 0.05) is 87.2 Å². The number of anilines is 1. The van der Waals surface area contributed by atoms with Crippen LogP contribution >= 0.6 is 0 Å². The highest BCUT2D eigenvalue weighted by Gasteiger charge is 2.27. The first kappa shape index (κ1) is 51.9. The number of ether oxygens (including phenoxy) is 5. The lowest BCUT2D eigenvalue weighted by Gasteiger charge is -2.31. The van der Waals surface area contributed by atoms with Crippen molar-refractivity contribution in [3.8, 4) is 0 Å². The topological polar surface area (TPSA) is 218 Å². The Labute approximate surface area is 414 Å². The van der Waals surface area contributed by atoms with Gasteiger partial charge in [0.05, 0.1) is 75.7 Å². The van der Waals surface area contributed by atoms with Crippen molar-refractivity contribution in [3.63, 3.8) is 0 Å². The van der Waals surface area contributed by atoms with Gasteiger partial charge in [-0.25, -0.2) is 4.79 Å². The number of nitrogens with two attached hydrogens (primary N) is 2. The lowest BCUT2D eigenvalue weighted by Crippen LogP contribution is -2.41. The summed E-state index contributed by atoms with van der Waals surface area (Å²) in [6.45, 7) is 5.99. The molecule has 1 fully saturated rings. The van der Waals surface area contributed by atoms with Crippen LogP contribution in [0.15, 0.2) is 131 Å². The molecule has 0 radical (unpaired) electrons. The molecule has 5 aromatic carbocycles. The molecule has 1 saturated heterocycles. The van der Waals surface area contributed by atoms with Gasteiger partial charge in [0.1, 0.15) is 6.10 Å². The number of nitrogens with one attached hydrogen (secondary N) is 2. The molecule has 0 bridgehead atoms. The lowest BCUT2D eigenvalue weighted by atomic mass is 10.0. The first-order valence-electron chi connectivity index (χ1n) is 24.2. The number of fused-ring (bicyclic) bond motifs is 2. The van der Waals surface area contributed by atoms with Crippen molar-refractivity contribution >= 4 is 52.2 Å². The molecule has 3 aliphatic heterocycles. The maximum Gasteiger partial charge on any atom is 0.411 e. The number of likely N-dealkylation sites (tertiary alicyclic amines) is 1. The number of aliphatic imine (C=N–C) groups is 2. The Hall–Kier alpha value is -6.92. The maximum atomic E-state index is 13.3. The van der Waals surface area contributed by atoms with Gasteiger partial charge in [-0.3, -0.25) is 29.7 Å². The number of hydrogen-bond donors (Lipinski definition) is 4. The smallest absolute Gasteiger partial charge is 0.411 e. The normalized spacial score (nSPS) is 13.8. The maximum absolute atomic E-state index is 13.3. The highest BCUT2D eigenvalue weighted by molar-refractivity contribution is 6.08. The van der Waals surface area contributed by atoms with Crippen molar-refractivity contribution in [2.45, 2.75) is 38.2 Å². The second-order valence-corrected chi connectivity index (χ2v) is 16.9. The number of piperidine rings is 1. The number of benzene rings is 5. The summed E-state index contributed by atoms with van der Waals surface area (Å²) in [5.41, 5.74) is 21.1. The Kier molecular flexibility index (Phi) is 20.1. The molecule has 0 unspecified atom stereocenters. The standard InChI is InChI=1S/C34H38N4O6.C21H25N3O3/c35-14-18-43-20-19-42-17-13-32(39)25-7-4-8-28(22-25)36-34(41)44-29-11-15-38(16-12-29)33(40)26-9-10-30-27(21-26)23-31(37-30)24-5-2-1-3-6-24;22-8-10-26-12-13-27-11-9-23-21(25)17-6-7-19-18(14-17)15-20(24-19)16-4-2-1-3-5-16/h1-10,21-22,29H,11-20,23,35H2,(H,36,41);1-7,14H,8-13,15,22H2,(H,23,25). The molecule has 0 atom stereocenters. The van der Waals surface area contributed by atoms with E-state index in [2.05, 4.69) is 27.8 Å². The fraction of sp³-hybridized carbons (Fsp3) is 0.345. The minimum atomic E-state index is -0.590. The predicted molar refractivity (Wildman–Crippen MR) is 274 cm³/mol. The van der Waals surface area contributed by atoms with Crippen molar-refractivity contribution < 1.29 is 42.9 Å². The van der Waals surface area contributed by atoms with Crippen LogP contribution in [0.25, 0.3) is 0 Å². The van der Waals surface area contributed by atoms with E-state index in [1.807, 2.05) is 84.9 Å². The Bertz CT molecular complexity index is 2620. The van der Waals surface area contributed by atoms with E-state index in [1.54, 1.807) is 29.2 Å². The van der Waals surface area contributed by atoms with E-state index in [1.165, 1.54) is 0 Å². The van der Waals surface area contributed by atoms with Gasteiger partial charge in [0.15, 0.2) is 5.78 Å². The second-order valence-electron chi connectivity index (χ2n) is 16.9. The third-order valence-corrected chi connectivity index (χ3v) is 11.8. The zero-order chi connectivity index (χ0) is 49.6. The number of carbonyl (C=O) groups excluding carboxylic acids is 4. The van der Waals surface area contributed by atoms with Crippen LogP contribution < -0.4 is 22.1 Å². The van der Waals surface area contributed by atoms with E-state index in [-0.39, 0.29) is 36.7 Å². The molecule has 71 heavy (non-hydrogen) atoms. The molecule has 0 aromatic heterocycles. The van der Waals surface area contributed by atoms with Gasteiger partial charge >= 0.3 is 6.09 Å². The monoisotopic (exact) mass is 965 g/mol. The van der Waals surface area contributed by atoms with Crippen LogP contribution in [0.4, 0.5) is 21.9 Å². The number of carbonyl (C=O) groups is 4. The predicted octanol–water partition coefficient (Wildman–Crippen LogP) is 6.87. The van der Waals surface area contributed by atoms with Crippen LogP contribution in [-0.2, 0) is 36.5 Å². The van der Waals surface area contributed by atoms with Crippen LogP contribution in [0.1, 0.15) is 72.6 Å². The molecule has 16 heteroatoms. The molecule has 5 aromatic rings. The van der Waals surface area contributed by atoms with Crippen molar-refractivity contribution in [1.29, 1.82) is 0 Å². The van der Waals surface area contributed by atoms with Crippen molar-refractivity contribution in [2.24, 2.45) is 21.5 Å². The van der Waals surface area contributed by atoms with Crippen molar-refractivity contribution in [3.05, 3.63) is 160 Å². The van der Waals surface area contributed by atoms with Crippen LogP contribution in [0.2, 0.25) is 0 Å². The Morgan fingerprint density at radius 1 is 0.577 bits per heavy atom. The SMILES string of the molecule is NCCOCCOCCC(=O)c1cccc(NC(=O)OC2CCN(C(=O)c3ccc4c(c3)CC(c3ccccc3)=N4)CC2)c1.NCCOCCOCCNC(=O)c1ccc2c(c1)CC(c1ccccc1)=N2. The number of amides is 3. The summed E-state index contributed by atoms with van der Waals surface area (Å²) in [5.74, 6) is -0.223. The third kappa shape index (κ3) is 15.8. The summed E-state index contributed by atoms with van der Waals surface area (Å²) in [6.07, 6.45) is 1.85. The molecule has 0 aliphatic carbocycles.